The third-order valence-electron chi connectivity index (χ3n) is 5.07. The van der Waals surface area contributed by atoms with Crippen LogP contribution in [0.5, 0.6) is 0 Å². The van der Waals surface area contributed by atoms with Crippen molar-refractivity contribution in [2.45, 2.75) is 58.4 Å². The molecule has 19 heavy (non-hydrogen) atoms. The van der Waals surface area contributed by atoms with Gasteiger partial charge in [-0.1, -0.05) is 51.0 Å². The lowest BCUT2D eigenvalue weighted by molar-refractivity contribution is 0.273. The van der Waals surface area contributed by atoms with Gasteiger partial charge in [-0.15, -0.1) is 0 Å². The molecule has 0 aromatic heterocycles. The average Bonchev–Trinajstić information content (AvgIpc) is 2.48. The molecule has 1 heteroatoms. The lowest BCUT2D eigenvalue weighted by atomic mass is 9.77. The third-order valence-corrected chi connectivity index (χ3v) is 5.07. The van der Waals surface area contributed by atoms with E-state index in [9.17, 15) is 0 Å². The molecule has 0 aliphatic heterocycles. The Balaban J connectivity index is 2.01. The van der Waals surface area contributed by atoms with Gasteiger partial charge in [0.2, 0.25) is 0 Å². The summed E-state index contributed by atoms with van der Waals surface area (Å²) in [7, 11) is 2.15. The molecule has 0 amide bonds. The van der Waals surface area contributed by atoms with Crippen molar-refractivity contribution in [2.24, 2.45) is 11.8 Å². The molecular formula is C18H29N. The highest BCUT2D eigenvalue weighted by molar-refractivity contribution is 5.30. The van der Waals surface area contributed by atoms with Gasteiger partial charge < -0.3 is 5.32 Å². The molecule has 2 rings (SSSR count). The van der Waals surface area contributed by atoms with Gasteiger partial charge in [-0.05, 0) is 55.7 Å². The molecule has 0 bridgehead atoms. The molecule has 1 N–H and O–H groups in total. The summed E-state index contributed by atoms with van der Waals surface area (Å²) in [6.07, 6.45) is 7.86. The molecule has 0 spiro atoms. The first-order valence-electron chi connectivity index (χ1n) is 8.02. The molecule has 1 aromatic rings. The molecule has 0 heterocycles. The minimum Gasteiger partial charge on any atom is -0.317 e. The van der Waals surface area contributed by atoms with Crippen LogP contribution < -0.4 is 5.32 Å². The van der Waals surface area contributed by atoms with Crippen LogP contribution in [0.4, 0.5) is 0 Å². The van der Waals surface area contributed by atoms with Crippen LogP contribution in [0.15, 0.2) is 24.3 Å². The van der Waals surface area contributed by atoms with Crippen molar-refractivity contribution >= 4 is 0 Å². The first-order chi connectivity index (χ1) is 9.28. The van der Waals surface area contributed by atoms with Crippen LogP contribution >= 0.6 is 0 Å². The molecule has 0 saturated carbocycles. The van der Waals surface area contributed by atoms with Crippen molar-refractivity contribution in [1.82, 2.24) is 5.32 Å². The normalized spacial score (nSPS) is 20.3. The Bertz CT molecular complexity index is 381. The van der Waals surface area contributed by atoms with Gasteiger partial charge in [-0.3, -0.25) is 0 Å². The van der Waals surface area contributed by atoms with E-state index >= 15 is 0 Å². The highest BCUT2D eigenvalue weighted by atomic mass is 14.9. The quantitative estimate of drug-likeness (QED) is 0.807. The van der Waals surface area contributed by atoms with E-state index in [1.54, 1.807) is 11.1 Å². The van der Waals surface area contributed by atoms with Gasteiger partial charge >= 0.3 is 0 Å². The SMILES string of the molecule is CCC(CC)CC(NC)C1CCc2ccccc2C1. The second-order valence-corrected chi connectivity index (χ2v) is 6.08. The van der Waals surface area contributed by atoms with Crippen molar-refractivity contribution in [3.05, 3.63) is 35.4 Å². The highest BCUT2D eigenvalue weighted by Crippen LogP contribution is 2.30. The Hall–Kier alpha value is -0.820. The van der Waals surface area contributed by atoms with Crippen molar-refractivity contribution in [1.29, 1.82) is 0 Å². The fourth-order valence-corrected chi connectivity index (χ4v) is 3.60. The molecule has 2 unspecified atom stereocenters. The van der Waals surface area contributed by atoms with Gasteiger partial charge in [-0.25, -0.2) is 0 Å². The van der Waals surface area contributed by atoms with Gasteiger partial charge in [0.15, 0.2) is 0 Å². The van der Waals surface area contributed by atoms with Crippen molar-refractivity contribution < 1.29 is 0 Å². The average molecular weight is 259 g/mol. The molecule has 1 nitrogen and oxygen atoms in total. The zero-order chi connectivity index (χ0) is 13.7. The summed E-state index contributed by atoms with van der Waals surface area (Å²) >= 11 is 0. The molecule has 2 atom stereocenters. The van der Waals surface area contributed by atoms with E-state index < -0.39 is 0 Å². The Morgan fingerprint density at radius 3 is 2.47 bits per heavy atom. The van der Waals surface area contributed by atoms with Crippen LogP contribution in [-0.4, -0.2) is 13.1 Å². The summed E-state index contributed by atoms with van der Waals surface area (Å²) in [5.74, 6) is 1.70. The summed E-state index contributed by atoms with van der Waals surface area (Å²) < 4.78 is 0. The number of aryl methyl sites for hydroxylation is 1. The molecule has 106 valence electrons. The van der Waals surface area contributed by atoms with Crippen molar-refractivity contribution in [2.75, 3.05) is 7.05 Å². The van der Waals surface area contributed by atoms with Crippen LogP contribution in [-0.2, 0) is 12.8 Å². The number of hydrogen-bond acceptors (Lipinski definition) is 1. The molecule has 0 radical (unpaired) electrons. The summed E-state index contributed by atoms with van der Waals surface area (Å²) in [6.45, 7) is 4.66. The standard InChI is InChI=1S/C18H29N/c1-4-14(5-2)12-18(19-3)17-11-10-15-8-6-7-9-16(15)13-17/h6-9,14,17-19H,4-5,10-13H2,1-3H3. The van der Waals surface area contributed by atoms with Crippen LogP contribution in [0.3, 0.4) is 0 Å². The Morgan fingerprint density at radius 1 is 1.16 bits per heavy atom. The first-order valence-corrected chi connectivity index (χ1v) is 8.02. The van der Waals surface area contributed by atoms with Crippen molar-refractivity contribution in [3.63, 3.8) is 0 Å². The first kappa shape index (κ1) is 14.6. The number of hydrogen-bond donors (Lipinski definition) is 1. The topological polar surface area (TPSA) is 12.0 Å². The van der Waals surface area contributed by atoms with Gasteiger partial charge in [0, 0.05) is 6.04 Å². The minimum absolute atomic E-state index is 0.693. The van der Waals surface area contributed by atoms with Crippen LogP contribution in [0.25, 0.3) is 0 Å². The van der Waals surface area contributed by atoms with E-state index in [2.05, 4.69) is 50.5 Å². The van der Waals surface area contributed by atoms with Gasteiger partial charge in [0.25, 0.3) is 0 Å². The van der Waals surface area contributed by atoms with Crippen LogP contribution in [0, 0.1) is 11.8 Å². The van der Waals surface area contributed by atoms with E-state index in [0.717, 1.165) is 11.8 Å². The summed E-state index contributed by atoms with van der Waals surface area (Å²) in [5, 5.41) is 3.60. The largest absolute Gasteiger partial charge is 0.317 e. The monoisotopic (exact) mass is 259 g/mol. The lowest BCUT2D eigenvalue weighted by Crippen LogP contribution is -2.38. The Morgan fingerprint density at radius 2 is 1.84 bits per heavy atom. The fourth-order valence-electron chi connectivity index (χ4n) is 3.60. The maximum atomic E-state index is 3.60. The summed E-state index contributed by atoms with van der Waals surface area (Å²) in [6, 6.07) is 9.69. The zero-order valence-corrected chi connectivity index (χ0v) is 12.8. The summed E-state index contributed by atoms with van der Waals surface area (Å²) in [4.78, 5) is 0. The molecule has 1 aliphatic rings. The Labute approximate surface area is 118 Å². The number of nitrogens with one attached hydrogen (secondary N) is 1. The second-order valence-electron chi connectivity index (χ2n) is 6.08. The molecule has 0 saturated heterocycles. The van der Waals surface area contributed by atoms with E-state index in [4.69, 9.17) is 0 Å². The number of rotatable bonds is 6. The number of benzene rings is 1. The van der Waals surface area contributed by atoms with E-state index in [1.807, 2.05) is 0 Å². The highest BCUT2D eigenvalue weighted by Gasteiger charge is 2.26. The Kier molecular flexibility index (Phi) is 5.45. The van der Waals surface area contributed by atoms with Crippen LogP contribution in [0.2, 0.25) is 0 Å². The maximum Gasteiger partial charge on any atom is 0.00982 e. The molecule has 1 aliphatic carbocycles. The van der Waals surface area contributed by atoms with E-state index in [-0.39, 0.29) is 0 Å². The predicted octanol–water partition coefficient (Wildman–Crippen LogP) is 4.21. The summed E-state index contributed by atoms with van der Waals surface area (Å²) in [5.41, 5.74) is 3.17. The zero-order valence-electron chi connectivity index (χ0n) is 12.8. The molecule has 1 aromatic carbocycles. The van der Waals surface area contributed by atoms with E-state index in [0.29, 0.717) is 6.04 Å². The smallest absolute Gasteiger partial charge is 0.00982 e. The van der Waals surface area contributed by atoms with Gasteiger partial charge in [-0.2, -0.15) is 0 Å². The van der Waals surface area contributed by atoms with Crippen LogP contribution in [0.1, 0.15) is 50.7 Å². The maximum absolute atomic E-state index is 3.60. The number of fused-ring (bicyclic) bond motifs is 1. The fraction of sp³-hybridized carbons (Fsp3) is 0.667. The lowest BCUT2D eigenvalue weighted by Gasteiger charge is -2.33. The molecule has 0 fully saturated rings. The third kappa shape index (κ3) is 3.60. The molecular weight excluding hydrogens is 230 g/mol. The predicted molar refractivity (Wildman–Crippen MR) is 83.5 cm³/mol. The second kappa shape index (κ2) is 7.09. The van der Waals surface area contributed by atoms with Crippen molar-refractivity contribution in [3.8, 4) is 0 Å². The van der Waals surface area contributed by atoms with Gasteiger partial charge in [0.05, 0.1) is 0 Å². The minimum atomic E-state index is 0.693. The van der Waals surface area contributed by atoms with Gasteiger partial charge in [0.1, 0.15) is 0 Å². The van der Waals surface area contributed by atoms with E-state index in [1.165, 1.54) is 38.5 Å².